The Labute approximate surface area is 245 Å². The van der Waals surface area contributed by atoms with Crippen LogP contribution in [0.15, 0.2) is 34.9 Å². The highest BCUT2D eigenvalue weighted by molar-refractivity contribution is 5.92. The van der Waals surface area contributed by atoms with Crippen molar-refractivity contribution >= 4 is 17.1 Å². The third-order valence-corrected chi connectivity index (χ3v) is 8.02. The zero-order chi connectivity index (χ0) is 29.8. The fourth-order valence-corrected chi connectivity index (χ4v) is 5.91. The van der Waals surface area contributed by atoms with Gasteiger partial charge in [0.05, 0.1) is 17.3 Å². The lowest BCUT2D eigenvalue weighted by molar-refractivity contribution is 0.0896. The molecule has 0 aliphatic heterocycles. The highest BCUT2D eigenvalue weighted by Gasteiger charge is 2.27. The predicted octanol–water partition coefficient (Wildman–Crippen LogP) is 6.56. The monoisotopic (exact) mass is 566 g/mol. The Bertz CT molecular complexity index is 1790. The average molecular weight is 567 g/mol. The van der Waals surface area contributed by atoms with Gasteiger partial charge in [-0.15, -0.1) is 10.2 Å². The van der Waals surface area contributed by atoms with Crippen molar-refractivity contribution in [2.24, 2.45) is 0 Å². The fraction of sp³-hybridized carbons (Fsp3) is 0.438. The molecule has 42 heavy (non-hydrogen) atoms. The number of pyridine rings is 1. The first-order valence-electron chi connectivity index (χ1n) is 14.7. The molecule has 218 valence electrons. The van der Waals surface area contributed by atoms with Gasteiger partial charge in [0.1, 0.15) is 11.3 Å². The molecule has 1 atom stereocenters. The van der Waals surface area contributed by atoms with E-state index < -0.39 is 0 Å². The van der Waals surface area contributed by atoms with Crippen molar-refractivity contribution in [2.45, 2.75) is 91.6 Å². The second kappa shape index (κ2) is 10.5. The van der Waals surface area contributed by atoms with Crippen molar-refractivity contribution in [1.82, 2.24) is 40.2 Å². The molecule has 0 bridgehead atoms. The molecule has 10 nitrogen and oxygen atoms in total. The van der Waals surface area contributed by atoms with Crippen LogP contribution in [-0.2, 0) is 11.8 Å². The molecule has 4 heterocycles. The van der Waals surface area contributed by atoms with Gasteiger partial charge in [-0.1, -0.05) is 45.4 Å². The molecule has 2 N–H and O–H groups in total. The van der Waals surface area contributed by atoms with Crippen LogP contribution in [0, 0.1) is 13.8 Å². The van der Waals surface area contributed by atoms with Gasteiger partial charge in [-0.05, 0) is 69.7 Å². The van der Waals surface area contributed by atoms with Gasteiger partial charge in [0, 0.05) is 28.9 Å². The van der Waals surface area contributed by atoms with E-state index in [0.29, 0.717) is 5.89 Å². The Morgan fingerprint density at radius 2 is 1.95 bits per heavy atom. The second-order valence-corrected chi connectivity index (χ2v) is 12.6. The molecule has 0 fully saturated rings. The van der Waals surface area contributed by atoms with Crippen molar-refractivity contribution in [3.05, 3.63) is 64.8 Å². The number of benzene rings is 1. The number of hydrogen-bond donors (Lipinski definition) is 2. The van der Waals surface area contributed by atoms with E-state index in [-0.39, 0.29) is 29.3 Å². The zero-order valence-corrected chi connectivity index (χ0v) is 25.4. The van der Waals surface area contributed by atoms with Crippen LogP contribution >= 0.6 is 0 Å². The van der Waals surface area contributed by atoms with E-state index >= 15 is 0 Å². The molecule has 10 heteroatoms. The van der Waals surface area contributed by atoms with E-state index in [1.807, 2.05) is 44.6 Å². The van der Waals surface area contributed by atoms with Crippen LogP contribution in [-0.4, -0.2) is 40.8 Å². The Morgan fingerprint density at radius 1 is 1.14 bits per heavy atom. The van der Waals surface area contributed by atoms with Crippen LogP contribution in [0.2, 0.25) is 0 Å². The molecule has 0 radical (unpaired) electrons. The van der Waals surface area contributed by atoms with Crippen LogP contribution in [0.25, 0.3) is 33.7 Å². The molecular weight excluding hydrogens is 528 g/mol. The first-order chi connectivity index (χ1) is 20.0. The lowest BCUT2D eigenvalue weighted by Crippen LogP contribution is -2.29. The number of aromatic amines is 1. The van der Waals surface area contributed by atoms with E-state index in [0.717, 1.165) is 76.3 Å². The number of carbonyl (C=O) groups is 1. The molecule has 1 aliphatic rings. The molecule has 6 rings (SSSR count). The van der Waals surface area contributed by atoms with Crippen molar-refractivity contribution in [1.29, 1.82) is 0 Å². The molecule has 0 saturated heterocycles. The molecule has 1 aliphatic carbocycles. The maximum absolute atomic E-state index is 13.1. The van der Waals surface area contributed by atoms with Gasteiger partial charge in [-0.3, -0.25) is 9.48 Å². The largest absolute Gasteiger partial charge is 0.416 e. The maximum Gasteiger partial charge on any atom is 0.309 e. The Morgan fingerprint density at radius 3 is 2.67 bits per heavy atom. The van der Waals surface area contributed by atoms with Crippen LogP contribution < -0.4 is 5.32 Å². The molecule has 0 unspecified atom stereocenters. The summed E-state index contributed by atoms with van der Waals surface area (Å²) in [5, 5.41) is 16.0. The summed E-state index contributed by atoms with van der Waals surface area (Å²) in [5.41, 5.74) is 8.73. The van der Waals surface area contributed by atoms with Gasteiger partial charge in [-0.25, -0.2) is 9.97 Å². The van der Waals surface area contributed by atoms with Crippen molar-refractivity contribution in [2.75, 3.05) is 0 Å². The van der Waals surface area contributed by atoms with Crippen LogP contribution in [0.3, 0.4) is 0 Å². The number of rotatable bonds is 5. The highest BCUT2D eigenvalue weighted by atomic mass is 16.4. The fourth-order valence-electron chi connectivity index (χ4n) is 5.91. The summed E-state index contributed by atoms with van der Waals surface area (Å²) in [7, 11) is 0. The summed E-state index contributed by atoms with van der Waals surface area (Å²) in [5.74, 6) is 0.884. The minimum Gasteiger partial charge on any atom is -0.416 e. The third-order valence-electron chi connectivity index (χ3n) is 8.02. The number of fused-ring (bicyclic) bond motifs is 2. The van der Waals surface area contributed by atoms with Gasteiger partial charge in [0.15, 0.2) is 5.65 Å². The molecule has 4 aromatic heterocycles. The number of H-pyrrole nitrogens is 1. The van der Waals surface area contributed by atoms with E-state index in [9.17, 15) is 4.79 Å². The number of nitrogens with zero attached hydrogens (tertiary/aromatic N) is 6. The van der Waals surface area contributed by atoms with Crippen molar-refractivity contribution in [3.63, 3.8) is 0 Å². The minimum absolute atomic E-state index is 0.000247. The van der Waals surface area contributed by atoms with E-state index in [2.05, 4.69) is 64.5 Å². The van der Waals surface area contributed by atoms with Crippen molar-refractivity contribution in [3.8, 4) is 22.5 Å². The first-order valence-corrected chi connectivity index (χ1v) is 14.7. The lowest BCUT2D eigenvalue weighted by Gasteiger charge is -2.19. The number of nitrogens with one attached hydrogen (secondary N) is 2. The topological polar surface area (TPSA) is 127 Å². The second-order valence-electron chi connectivity index (χ2n) is 12.6. The average Bonchev–Trinajstić information content (AvgIpc) is 3.64. The number of aryl methyl sites for hydroxylation is 2. The molecule has 5 aromatic rings. The van der Waals surface area contributed by atoms with Crippen LogP contribution in [0.1, 0.15) is 105 Å². The van der Waals surface area contributed by atoms with Crippen LogP contribution in [0.4, 0.5) is 0 Å². The normalized spacial score (nSPS) is 15.7. The van der Waals surface area contributed by atoms with E-state index in [1.54, 1.807) is 0 Å². The predicted molar refractivity (Wildman–Crippen MR) is 161 cm³/mol. The first kappa shape index (κ1) is 27.8. The number of amides is 1. The summed E-state index contributed by atoms with van der Waals surface area (Å²) in [6.45, 7) is 14.3. The minimum atomic E-state index is -0.341. The lowest BCUT2D eigenvalue weighted by atomic mass is 9.94. The smallest absolute Gasteiger partial charge is 0.309 e. The summed E-state index contributed by atoms with van der Waals surface area (Å²) in [6.07, 6.45) is 5.67. The Hall–Kier alpha value is -4.34. The zero-order valence-electron chi connectivity index (χ0n) is 25.4. The Kier molecular flexibility index (Phi) is 6.95. The quantitative estimate of drug-likeness (QED) is 0.231. The van der Waals surface area contributed by atoms with Gasteiger partial charge < -0.3 is 14.7 Å². The molecule has 1 aromatic carbocycles. The standard InChI is InChI=1S/C32H38N8O2/c1-17(2)40-19(4)25(18(3)39-40)27-35-26-23(14-15-33-28(26)36-27)21-12-13-22-20(16-21)10-8-9-11-24(22)34-29(41)30-37-38-31(42-30)32(5,6)7/h12-17,24H,8-11H2,1-7H3,(H,34,41)(H,33,35,36)/t24-/m0/s1. The van der Waals surface area contributed by atoms with Gasteiger partial charge in [0.25, 0.3) is 0 Å². The number of imidazole rings is 1. The highest BCUT2D eigenvalue weighted by Crippen LogP contribution is 2.36. The summed E-state index contributed by atoms with van der Waals surface area (Å²) in [6, 6.07) is 8.63. The number of aromatic nitrogens is 7. The maximum atomic E-state index is 13.1. The summed E-state index contributed by atoms with van der Waals surface area (Å²) in [4.78, 5) is 26.2. The van der Waals surface area contributed by atoms with E-state index in [1.165, 1.54) is 5.56 Å². The SMILES string of the molecule is Cc1nn(C(C)C)c(C)c1-c1nc2c(-c3ccc4c(c3)CCCC[C@@H]4NC(=O)c3nnc(C(C)(C)C)o3)ccnc2[nH]1. The van der Waals surface area contributed by atoms with E-state index in [4.69, 9.17) is 14.5 Å². The number of hydrogen-bond acceptors (Lipinski definition) is 7. The molecule has 1 amide bonds. The van der Waals surface area contributed by atoms with Crippen molar-refractivity contribution < 1.29 is 9.21 Å². The van der Waals surface area contributed by atoms with Gasteiger partial charge in [0.2, 0.25) is 5.89 Å². The Balaban J connectivity index is 1.32. The molecule has 0 spiro atoms. The van der Waals surface area contributed by atoms with Gasteiger partial charge in [-0.2, -0.15) is 5.10 Å². The summed E-state index contributed by atoms with van der Waals surface area (Å²) >= 11 is 0. The third kappa shape index (κ3) is 4.99. The molecule has 0 saturated carbocycles. The van der Waals surface area contributed by atoms with Crippen LogP contribution in [0.5, 0.6) is 0 Å². The number of carbonyl (C=O) groups excluding carboxylic acids is 1. The molecular formula is C32H38N8O2. The summed E-state index contributed by atoms with van der Waals surface area (Å²) < 4.78 is 7.73. The van der Waals surface area contributed by atoms with Gasteiger partial charge >= 0.3 is 11.8 Å².